The van der Waals surface area contributed by atoms with Crippen molar-refractivity contribution in [2.75, 3.05) is 6.54 Å². The molecule has 0 aromatic heterocycles. The molecule has 2 nitrogen and oxygen atoms in total. The quantitative estimate of drug-likeness (QED) is 0.842. The van der Waals surface area contributed by atoms with Gasteiger partial charge in [-0.25, -0.2) is 0 Å². The van der Waals surface area contributed by atoms with E-state index >= 15 is 0 Å². The van der Waals surface area contributed by atoms with Crippen molar-refractivity contribution in [1.29, 1.82) is 0 Å². The number of hydrogen-bond acceptors (Lipinski definition) is 2. The van der Waals surface area contributed by atoms with Gasteiger partial charge in [-0.15, -0.1) is 0 Å². The zero-order valence-corrected chi connectivity index (χ0v) is 12.8. The fraction of sp³-hybridized carbons (Fsp3) is 0.667. The van der Waals surface area contributed by atoms with Crippen LogP contribution in [0.15, 0.2) is 24.3 Å². The fourth-order valence-corrected chi connectivity index (χ4v) is 3.28. The summed E-state index contributed by atoms with van der Waals surface area (Å²) >= 11 is 0. The summed E-state index contributed by atoms with van der Waals surface area (Å²) in [5.41, 5.74) is 1.50. The Morgan fingerprint density at radius 3 is 2.50 bits per heavy atom. The van der Waals surface area contributed by atoms with E-state index in [1.54, 1.807) is 0 Å². The van der Waals surface area contributed by atoms with Crippen LogP contribution in [0.1, 0.15) is 57.4 Å². The third kappa shape index (κ3) is 3.54. The molecule has 2 aliphatic rings. The highest BCUT2D eigenvalue weighted by molar-refractivity contribution is 5.31. The van der Waals surface area contributed by atoms with Crippen LogP contribution in [0, 0.1) is 5.92 Å². The van der Waals surface area contributed by atoms with Crippen molar-refractivity contribution in [1.82, 2.24) is 5.32 Å². The van der Waals surface area contributed by atoms with Gasteiger partial charge in [0, 0.05) is 6.04 Å². The summed E-state index contributed by atoms with van der Waals surface area (Å²) in [5.74, 6) is 2.58. The predicted octanol–water partition coefficient (Wildman–Crippen LogP) is 4.11. The standard InChI is InChI=1S/C18H27NO/c1-13(2)19-12-15-4-3-5-18(15)14-6-8-16(9-7-14)20-17-10-11-17/h6-9,13,15,17-19H,3-5,10-12H2,1-2H3. The molecule has 0 saturated heterocycles. The Hall–Kier alpha value is -1.02. The highest BCUT2D eigenvalue weighted by Gasteiger charge is 2.28. The average Bonchev–Trinajstić information content (AvgIpc) is 3.12. The summed E-state index contributed by atoms with van der Waals surface area (Å²) in [7, 11) is 0. The molecule has 0 amide bonds. The lowest BCUT2D eigenvalue weighted by atomic mass is 9.88. The molecule has 2 aliphatic carbocycles. The van der Waals surface area contributed by atoms with Crippen LogP contribution >= 0.6 is 0 Å². The molecule has 20 heavy (non-hydrogen) atoms. The maximum absolute atomic E-state index is 5.84. The zero-order chi connectivity index (χ0) is 13.9. The lowest BCUT2D eigenvalue weighted by Gasteiger charge is -2.22. The summed E-state index contributed by atoms with van der Waals surface area (Å²) in [6.45, 7) is 5.62. The highest BCUT2D eigenvalue weighted by atomic mass is 16.5. The molecule has 0 spiro atoms. The molecule has 3 rings (SSSR count). The number of benzene rings is 1. The van der Waals surface area contributed by atoms with E-state index in [2.05, 4.69) is 43.4 Å². The van der Waals surface area contributed by atoms with Gasteiger partial charge in [0.15, 0.2) is 0 Å². The molecule has 110 valence electrons. The molecule has 2 heteroatoms. The molecule has 2 atom stereocenters. The van der Waals surface area contributed by atoms with E-state index in [9.17, 15) is 0 Å². The average molecular weight is 273 g/mol. The first-order chi connectivity index (χ1) is 9.72. The third-order valence-electron chi connectivity index (χ3n) is 4.58. The second-order valence-corrected chi connectivity index (χ2v) is 6.75. The second-order valence-electron chi connectivity index (χ2n) is 6.75. The maximum atomic E-state index is 5.84. The van der Waals surface area contributed by atoms with Crippen LogP contribution in [-0.4, -0.2) is 18.7 Å². The Balaban J connectivity index is 1.61. The first-order valence-corrected chi connectivity index (χ1v) is 8.22. The molecule has 2 unspecified atom stereocenters. The minimum Gasteiger partial charge on any atom is -0.490 e. The van der Waals surface area contributed by atoms with Crippen LogP contribution in [-0.2, 0) is 0 Å². The highest BCUT2D eigenvalue weighted by Crippen LogP contribution is 2.40. The molecule has 1 N–H and O–H groups in total. The van der Waals surface area contributed by atoms with Crippen molar-refractivity contribution in [3.8, 4) is 5.75 Å². The lowest BCUT2D eigenvalue weighted by molar-refractivity contribution is 0.303. The second kappa shape index (κ2) is 6.17. The lowest BCUT2D eigenvalue weighted by Crippen LogP contribution is -2.30. The number of ether oxygens (including phenoxy) is 1. The fourth-order valence-electron chi connectivity index (χ4n) is 3.28. The topological polar surface area (TPSA) is 21.3 Å². The summed E-state index contributed by atoms with van der Waals surface area (Å²) in [4.78, 5) is 0. The van der Waals surface area contributed by atoms with Gasteiger partial charge in [-0.1, -0.05) is 32.4 Å². The number of hydrogen-bond donors (Lipinski definition) is 1. The van der Waals surface area contributed by atoms with Crippen molar-refractivity contribution in [3.63, 3.8) is 0 Å². The molecule has 0 aliphatic heterocycles. The van der Waals surface area contributed by atoms with E-state index in [-0.39, 0.29) is 0 Å². The molecule has 1 aromatic rings. The SMILES string of the molecule is CC(C)NCC1CCCC1c1ccc(OC2CC2)cc1. The van der Waals surface area contributed by atoms with Crippen LogP contribution < -0.4 is 10.1 Å². The molecule has 0 bridgehead atoms. The van der Waals surface area contributed by atoms with Gasteiger partial charge in [-0.3, -0.25) is 0 Å². The van der Waals surface area contributed by atoms with E-state index in [1.165, 1.54) is 37.7 Å². The van der Waals surface area contributed by atoms with E-state index in [4.69, 9.17) is 4.74 Å². The Bertz CT molecular complexity index is 422. The van der Waals surface area contributed by atoms with Crippen molar-refractivity contribution >= 4 is 0 Å². The summed E-state index contributed by atoms with van der Waals surface area (Å²) in [6.07, 6.45) is 7.03. The summed E-state index contributed by atoms with van der Waals surface area (Å²) < 4.78 is 5.84. The first kappa shape index (κ1) is 13.9. The third-order valence-corrected chi connectivity index (χ3v) is 4.58. The Morgan fingerprint density at radius 1 is 1.10 bits per heavy atom. The maximum Gasteiger partial charge on any atom is 0.119 e. The van der Waals surface area contributed by atoms with E-state index in [0.717, 1.165) is 24.1 Å². The number of nitrogens with one attached hydrogen (secondary N) is 1. The summed E-state index contributed by atoms with van der Waals surface area (Å²) in [6, 6.07) is 9.50. The van der Waals surface area contributed by atoms with Gasteiger partial charge in [0.05, 0.1) is 6.10 Å². The largest absolute Gasteiger partial charge is 0.490 e. The molecular formula is C18H27NO. The van der Waals surface area contributed by atoms with Crippen molar-refractivity contribution in [3.05, 3.63) is 29.8 Å². The van der Waals surface area contributed by atoms with Crippen LogP contribution in [0.4, 0.5) is 0 Å². The van der Waals surface area contributed by atoms with Gasteiger partial charge in [-0.05, 0) is 61.8 Å². The van der Waals surface area contributed by atoms with Gasteiger partial charge >= 0.3 is 0 Å². The Labute approximate surface area is 122 Å². The molecular weight excluding hydrogens is 246 g/mol. The normalized spacial score (nSPS) is 26.1. The van der Waals surface area contributed by atoms with Gasteiger partial charge in [0.25, 0.3) is 0 Å². The van der Waals surface area contributed by atoms with Crippen molar-refractivity contribution in [2.24, 2.45) is 5.92 Å². The van der Waals surface area contributed by atoms with E-state index in [0.29, 0.717) is 12.1 Å². The minimum absolute atomic E-state index is 0.496. The zero-order valence-electron chi connectivity index (χ0n) is 12.8. The molecule has 2 fully saturated rings. The minimum atomic E-state index is 0.496. The van der Waals surface area contributed by atoms with Gasteiger partial charge in [0.2, 0.25) is 0 Å². The summed E-state index contributed by atoms with van der Waals surface area (Å²) in [5, 5.41) is 3.61. The molecule has 2 saturated carbocycles. The monoisotopic (exact) mass is 273 g/mol. The van der Waals surface area contributed by atoms with Crippen molar-refractivity contribution in [2.45, 2.75) is 64.0 Å². The van der Waals surface area contributed by atoms with Gasteiger partial charge < -0.3 is 10.1 Å². The molecule has 1 aromatic carbocycles. The Morgan fingerprint density at radius 2 is 1.85 bits per heavy atom. The predicted molar refractivity (Wildman–Crippen MR) is 83.3 cm³/mol. The van der Waals surface area contributed by atoms with Crippen molar-refractivity contribution < 1.29 is 4.74 Å². The van der Waals surface area contributed by atoms with Crippen LogP contribution in [0.2, 0.25) is 0 Å². The number of rotatable bonds is 6. The smallest absolute Gasteiger partial charge is 0.119 e. The van der Waals surface area contributed by atoms with Crippen LogP contribution in [0.25, 0.3) is 0 Å². The first-order valence-electron chi connectivity index (χ1n) is 8.22. The van der Waals surface area contributed by atoms with Crippen LogP contribution in [0.3, 0.4) is 0 Å². The Kier molecular flexibility index (Phi) is 4.30. The van der Waals surface area contributed by atoms with Gasteiger partial charge in [-0.2, -0.15) is 0 Å². The van der Waals surface area contributed by atoms with Crippen LogP contribution in [0.5, 0.6) is 5.75 Å². The van der Waals surface area contributed by atoms with Gasteiger partial charge in [0.1, 0.15) is 5.75 Å². The van der Waals surface area contributed by atoms with E-state index < -0.39 is 0 Å². The molecule has 0 radical (unpaired) electrons. The van der Waals surface area contributed by atoms with E-state index in [1.807, 2.05) is 0 Å². The molecule has 0 heterocycles.